The van der Waals surface area contributed by atoms with Gasteiger partial charge in [-0.2, -0.15) is 0 Å². The van der Waals surface area contributed by atoms with Gasteiger partial charge in [0.15, 0.2) is 5.96 Å². The first-order chi connectivity index (χ1) is 26.3. The highest BCUT2D eigenvalue weighted by Gasteiger charge is 2.40. The van der Waals surface area contributed by atoms with E-state index < -0.39 is 71.8 Å². The van der Waals surface area contributed by atoms with Crippen LogP contribution in [0.3, 0.4) is 0 Å². The number of carbonyl (C=O) groups is 6. The van der Waals surface area contributed by atoms with Gasteiger partial charge in [0.1, 0.15) is 30.2 Å². The lowest BCUT2D eigenvalue weighted by atomic mass is 9.84. The average Bonchev–Trinajstić information content (AvgIpc) is 3.66. The lowest BCUT2D eigenvalue weighted by Crippen LogP contribution is -2.59. The number of aliphatic carboxylic acids is 1. The number of carboxylic acid groups (broad SMARTS) is 1. The number of hydrogen-bond donors (Lipinski definition) is 9. The summed E-state index contributed by atoms with van der Waals surface area (Å²) in [5, 5.41) is 20.5. The molecular weight excluding hydrogens is 708 g/mol. The van der Waals surface area contributed by atoms with E-state index in [-0.39, 0.29) is 31.3 Å². The number of amides is 5. The second-order valence-corrected chi connectivity index (χ2v) is 14.7. The van der Waals surface area contributed by atoms with Crippen molar-refractivity contribution in [3.63, 3.8) is 0 Å². The van der Waals surface area contributed by atoms with E-state index in [0.29, 0.717) is 58.0 Å². The fourth-order valence-electron chi connectivity index (χ4n) is 7.19. The number of aliphatic imine (C=N–C) groups is 1. The number of carboxylic acids is 1. The van der Waals surface area contributed by atoms with Gasteiger partial charge in [-0.3, -0.25) is 29.0 Å². The molecule has 0 bridgehead atoms. The highest BCUT2D eigenvalue weighted by atomic mass is 16.4. The van der Waals surface area contributed by atoms with Gasteiger partial charge in [-0.1, -0.05) is 62.4 Å². The fraction of sp³-hybridized carbons (Fsp3) is 0.658. The zero-order chi connectivity index (χ0) is 40.3. The average molecular weight is 771 g/mol. The van der Waals surface area contributed by atoms with Gasteiger partial charge in [0.05, 0.1) is 6.04 Å². The van der Waals surface area contributed by atoms with Crippen molar-refractivity contribution in [2.24, 2.45) is 33.8 Å². The van der Waals surface area contributed by atoms with Crippen molar-refractivity contribution in [3.05, 3.63) is 35.9 Å². The maximum absolute atomic E-state index is 14.1. The summed E-state index contributed by atoms with van der Waals surface area (Å²) in [6.07, 6.45) is 8.32. The molecule has 1 saturated heterocycles. The molecule has 0 unspecified atom stereocenters. The lowest BCUT2D eigenvalue weighted by Gasteiger charge is -2.32. The summed E-state index contributed by atoms with van der Waals surface area (Å²) in [5.74, 6) is -3.87. The van der Waals surface area contributed by atoms with E-state index in [2.05, 4.69) is 26.3 Å². The minimum absolute atomic E-state index is 0.0630. The molecule has 13 N–H and O–H groups in total. The molecule has 1 aromatic carbocycles. The van der Waals surface area contributed by atoms with Crippen LogP contribution in [0.15, 0.2) is 35.3 Å². The summed E-state index contributed by atoms with van der Waals surface area (Å²) in [4.78, 5) is 85.1. The Balaban J connectivity index is 1.70. The van der Waals surface area contributed by atoms with E-state index in [9.17, 15) is 33.9 Å². The highest BCUT2D eigenvalue weighted by Crippen LogP contribution is 2.28. The van der Waals surface area contributed by atoms with Crippen LogP contribution < -0.4 is 44.2 Å². The molecule has 306 valence electrons. The molecule has 3 rings (SSSR count). The number of benzene rings is 1. The van der Waals surface area contributed by atoms with Crippen LogP contribution in [-0.4, -0.2) is 107 Å². The summed E-state index contributed by atoms with van der Waals surface area (Å²) in [5.41, 5.74) is 23.5. The SMILES string of the molecule is C[C@H](NC(=O)[C@H](CC1CCCCC1)NC(=O)[C@@H]1CCCN1C(=O)[C@H](CCCCN)NC(=O)[C@@H](N)Cc1ccccc1)C(=O)N[C@@H](CCCN=C(N)N)C(=O)O. The van der Waals surface area contributed by atoms with E-state index in [1.165, 1.54) is 11.8 Å². The Morgan fingerprint density at radius 1 is 0.818 bits per heavy atom. The smallest absolute Gasteiger partial charge is 0.326 e. The Kier molecular flexibility index (Phi) is 18.8. The van der Waals surface area contributed by atoms with Gasteiger partial charge >= 0.3 is 5.97 Å². The number of guanidine groups is 1. The van der Waals surface area contributed by atoms with Crippen LogP contribution >= 0.6 is 0 Å². The Hall–Kier alpha value is -4.77. The normalized spacial score (nSPS) is 18.5. The molecule has 5 amide bonds. The third kappa shape index (κ3) is 15.1. The Morgan fingerprint density at radius 2 is 1.49 bits per heavy atom. The Morgan fingerprint density at radius 3 is 2.15 bits per heavy atom. The predicted molar refractivity (Wildman–Crippen MR) is 208 cm³/mol. The molecule has 1 aliphatic heterocycles. The summed E-state index contributed by atoms with van der Waals surface area (Å²) in [6, 6.07) is 3.29. The molecule has 17 nitrogen and oxygen atoms in total. The molecule has 0 radical (unpaired) electrons. The van der Waals surface area contributed by atoms with Gasteiger partial charge in [-0.25, -0.2) is 4.79 Å². The lowest BCUT2D eigenvalue weighted by molar-refractivity contribution is -0.143. The molecule has 1 heterocycles. The maximum Gasteiger partial charge on any atom is 0.326 e. The molecule has 1 aliphatic carbocycles. The van der Waals surface area contributed by atoms with Gasteiger partial charge in [-0.05, 0) is 82.7 Å². The van der Waals surface area contributed by atoms with Crippen LogP contribution in [0.1, 0.15) is 96.0 Å². The van der Waals surface area contributed by atoms with E-state index in [4.69, 9.17) is 22.9 Å². The third-order valence-corrected chi connectivity index (χ3v) is 10.3. The van der Waals surface area contributed by atoms with Crippen LogP contribution in [0.5, 0.6) is 0 Å². The summed E-state index contributed by atoms with van der Waals surface area (Å²) in [6.45, 7) is 2.34. The summed E-state index contributed by atoms with van der Waals surface area (Å²) in [7, 11) is 0. The zero-order valence-electron chi connectivity index (χ0n) is 32.0. The number of nitrogens with one attached hydrogen (secondary N) is 4. The molecule has 0 spiro atoms. The number of hydrogen-bond acceptors (Lipinski definition) is 9. The molecule has 1 aromatic rings. The van der Waals surface area contributed by atoms with Crippen molar-refractivity contribution in [1.29, 1.82) is 0 Å². The van der Waals surface area contributed by atoms with Gasteiger partial charge in [0.25, 0.3) is 0 Å². The molecular formula is C38H62N10O7. The van der Waals surface area contributed by atoms with Crippen molar-refractivity contribution in [1.82, 2.24) is 26.2 Å². The number of unbranched alkanes of at least 4 members (excludes halogenated alkanes) is 1. The Labute approximate surface area is 323 Å². The number of nitrogens with zero attached hydrogens (tertiary/aromatic N) is 2. The molecule has 17 heteroatoms. The molecule has 55 heavy (non-hydrogen) atoms. The van der Waals surface area contributed by atoms with Crippen molar-refractivity contribution in [2.45, 2.75) is 133 Å². The van der Waals surface area contributed by atoms with Crippen molar-refractivity contribution < 1.29 is 33.9 Å². The quantitative estimate of drug-likeness (QED) is 0.0421. The largest absolute Gasteiger partial charge is 0.480 e. The standard InChI is InChI=1S/C38H62N10O7/c1-24(32(49)46-29(37(54)55)17-10-20-43-38(41)42)44-34(51)30(23-26-14-6-3-7-15-26)47-35(52)31-18-11-21-48(31)36(53)28(16-8-9-19-39)45-33(50)27(40)22-25-12-4-2-5-13-25/h2,4-5,12-13,24,26-31H,3,6-11,14-23,39-40H2,1H3,(H,44,51)(H,45,50)(H,46,49)(H,47,52)(H,54,55)(H4,41,42,43)/t24-,27-,28-,29-,30-,31-/m0/s1. The molecule has 0 aromatic heterocycles. The second kappa shape index (κ2) is 23.2. The van der Waals surface area contributed by atoms with Crippen molar-refractivity contribution in [3.8, 4) is 0 Å². The molecule has 2 aliphatic rings. The van der Waals surface area contributed by atoms with Gasteiger partial charge in [0, 0.05) is 13.1 Å². The van der Waals surface area contributed by atoms with Gasteiger partial charge < -0.3 is 54.2 Å². The zero-order valence-corrected chi connectivity index (χ0v) is 32.0. The second-order valence-electron chi connectivity index (χ2n) is 14.7. The van der Waals surface area contributed by atoms with E-state index in [0.717, 1.165) is 37.7 Å². The van der Waals surface area contributed by atoms with Gasteiger partial charge in [-0.15, -0.1) is 0 Å². The Bertz CT molecular complexity index is 1450. The van der Waals surface area contributed by atoms with E-state index in [1.807, 2.05) is 30.3 Å². The predicted octanol–water partition coefficient (Wildman–Crippen LogP) is -0.256. The third-order valence-electron chi connectivity index (χ3n) is 10.3. The number of nitrogens with two attached hydrogens (primary N) is 4. The van der Waals surface area contributed by atoms with E-state index >= 15 is 0 Å². The first-order valence-corrected chi connectivity index (χ1v) is 19.6. The fourth-order valence-corrected chi connectivity index (χ4v) is 7.19. The number of likely N-dealkylation sites (tertiary alicyclic amines) is 1. The van der Waals surface area contributed by atoms with Crippen LogP contribution in [0.2, 0.25) is 0 Å². The van der Waals surface area contributed by atoms with Crippen LogP contribution in [0.4, 0.5) is 0 Å². The van der Waals surface area contributed by atoms with Crippen LogP contribution in [-0.2, 0) is 35.2 Å². The first kappa shape index (κ1) is 44.6. The van der Waals surface area contributed by atoms with Crippen LogP contribution in [0, 0.1) is 5.92 Å². The minimum atomic E-state index is -1.24. The van der Waals surface area contributed by atoms with Crippen molar-refractivity contribution in [2.75, 3.05) is 19.6 Å². The van der Waals surface area contributed by atoms with Crippen LogP contribution in [0.25, 0.3) is 0 Å². The molecule has 6 atom stereocenters. The topological polar surface area (TPSA) is 290 Å². The van der Waals surface area contributed by atoms with E-state index in [1.54, 1.807) is 0 Å². The monoisotopic (exact) mass is 770 g/mol. The van der Waals surface area contributed by atoms with Crippen molar-refractivity contribution >= 4 is 41.5 Å². The molecule has 2 fully saturated rings. The first-order valence-electron chi connectivity index (χ1n) is 19.6. The highest BCUT2D eigenvalue weighted by molar-refractivity contribution is 5.96. The summed E-state index contributed by atoms with van der Waals surface area (Å²) >= 11 is 0. The van der Waals surface area contributed by atoms with Gasteiger partial charge in [0.2, 0.25) is 29.5 Å². The minimum Gasteiger partial charge on any atom is -0.480 e. The number of carbonyl (C=O) groups excluding carboxylic acids is 5. The maximum atomic E-state index is 14.1. The number of rotatable bonds is 22. The molecule has 1 saturated carbocycles. The summed E-state index contributed by atoms with van der Waals surface area (Å²) < 4.78 is 0.